The first kappa shape index (κ1) is 29.0. The lowest BCUT2D eigenvalue weighted by Gasteiger charge is -2.37. The Balaban J connectivity index is 1.32. The van der Waals surface area contributed by atoms with Gasteiger partial charge in [0.25, 0.3) is 5.69 Å². The molecule has 6 rings (SSSR count). The zero-order chi connectivity index (χ0) is 31.0. The number of nitro benzene ring substituents is 1. The van der Waals surface area contributed by atoms with Gasteiger partial charge in [-0.1, -0.05) is 26.0 Å². The van der Waals surface area contributed by atoms with Crippen molar-refractivity contribution in [2.45, 2.75) is 39.2 Å². The van der Waals surface area contributed by atoms with E-state index in [1.807, 2.05) is 53.6 Å². The quantitative estimate of drug-likeness (QED) is 0.167. The number of Topliss-reactive ketones (excluding diaryl/α,β-unsaturated/α-hetero) is 1. The summed E-state index contributed by atoms with van der Waals surface area (Å²) in [7, 11) is 1.63. The fraction of sp³-hybridized carbons (Fsp3) is 0.294. The molecule has 0 saturated carbocycles. The minimum Gasteiger partial charge on any atom is -0.497 e. The molecule has 0 radical (unpaired) electrons. The van der Waals surface area contributed by atoms with Gasteiger partial charge in [-0.3, -0.25) is 19.7 Å². The summed E-state index contributed by atoms with van der Waals surface area (Å²) >= 11 is 0. The van der Waals surface area contributed by atoms with E-state index in [4.69, 9.17) is 4.74 Å². The maximum Gasteiger partial charge on any atom is 0.269 e. The van der Waals surface area contributed by atoms with Crippen molar-refractivity contribution in [3.63, 3.8) is 0 Å². The van der Waals surface area contributed by atoms with Crippen LogP contribution in [0.25, 0.3) is 10.9 Å². The van der Waals surface area contributed by atoms with Gasteiger partial charge in [-0.15, -0.1) is 0 Å². The van der Waals surface area contributed by atoms with Crippen LogP contribution in [0.5, 0.6) is 5.75 Å². The molecule has 10 nitrogen and oxygen atoms in total. The predicted octanol–water partition coefficient (Wildman–Crippen LogP) is 6.06. The highest BCUT2D eigenvalue weighted by atomic mass is 16.6. The van der Waals surface area contributed by atoms with Crippen LogP contribution in [0.15, 0.2) is 84.2 Å². The monoisotopic (exact) mass is 593 g/mol. The second-order valence-electron chi connectivity index (χ2n) is 12.2. The van der Waals surface area contributed by atoms with Crippen molar-refractivity contribution in [2.24, 2.45) is 5.41 Å². The summed E-state index contributed by atoms with van der Waals surface area (Å²) in [4.78, 5) is 43.6. The first-order chi connectivity index (χ1) is 21.1. The van der Waals surface area contributed by atoms with Crippen molar-refractivity contribution >= 4 is 39.7 Å². The van der Waals surface area contributed by atoms with Crippen molar-refractivity contribution in [1.82, 2.24) is 10.3 Å². The minimum absolute atomic E-state index is 0.0000751. The number of rotatable bonds is 8. The number of allylic oxidation sites excluding steroid dienone is 1. The number of anilines is 2. The van der Waals surface area contributed by atoms with E-state index < -0.39 is 11.0 Å². The van der Waals surface area contributed by atoms with Crippen LogP contribution in [0.4, 0.5) is 17.1 Å². The van der Waals surface area contributed by atoms with Crippen LogP contribution in [-0.2, 0) is 16.0 Å². The number of benzene rings is 3. The molecule has 0 spiro atoms. The Kier molecular flexibility index (Phi) is 7.59. The number of ketones is 1. The molecule has 10 heteroatoms. The molecule has 1 aromatic heterocycles. The molecule has 226 valence electrons. The third-order valence-electron chi connectivity index (χ3n) is 8.43. The number of methoxy groups -OCH3 is 1. The van der Waals surface area contributed by atoms with Gasteiger partial charge in [-0.2, -0.15) is 0 Å². The van der Waals surface area contributed by atoms with Gasteiger partial charge in [0.05, 0.1) is 36.0 Å². The summed E-state index contributed by atoms with van der Waals surface area (Å²) in [5.41, 5.74) is 5.48. The Labute approximate surface area is 255 Å². The number of carbonyl (C=O) groups excluding carboxylic acids is 2. The Morgan fingerprint density at radius 3 is 2.64 bits per heavy atom. The highest BCUT2D eigenvalue weighted by Gasteiger charge is 2.42. The Hall–Kier alpha value is -5.12. The number of nitrogens with zero attached hydrogens (tertiary/aromatic N) is 2. The lowest BCUT2D eigenvalue weighted by molar-refractivity contribution is -0.384. The van der Waals surface area contributed by atoms with Crippen molar-refractivity contribution in [2.75, 3.05) is 30.4 Å². The second-order valence-corrected chi connectivity index (χ2v) is 12.2. The number of carbonyl (C=O) groups is 2. The molecule has 1 atom stereocenters. The second kappa shape index (κ2) is 11.5. The number of aromatic nitrogens is 1. The van der Waals surface area contributed by atoms with Crippen LogP contribution >= 0.6 is 0 Å². The van der Waals surface area contributed by atoms with Crippen molar-refractivity contribution in [3.05, 3.63) is 105 Å². The van der Waals surface area contributed by atoms with E-state index in [0.29, 0.717) is 36.9 Å². The third-order valence-corrected chi connectivity index (χ3v) is 8.43. The molecule has 1 aliphatic carbocycles. The molecule has 0 fully saturated rings. The van der Waals surface area contributed by atoms with Crippen LogP contribution < -0.4 is 20.3 Å². The summed E-state index contributed by atoms with van der Waals surface area (Å²) in [5, 5.41) is 19.1. The number of amides is 1. The highest BCUT2D eigenvalue weighted by molar-refractivity contribution is 6.02. The Morgan fingerprint density at radius 2 is 1.89 bits per heavy atom. The molecule has 2 aliphatic rings. The van der Waals surface area contributed by atoms with Crippen LogP contribution in [-0.4, -0.2) is 41.8 Å². The molecule has 3 aromatic carbocycles. The molecule has 3 N–H and O–H groups in total. The average Bonchev–Trinajstić information content (AvgIpc) is 3.34. The summed E-state index contributed by atoms with van der Waals surface area (Å²) in [6.07, 6.45) is 3.58. The van der Waals surface area contributed by atoms with Gasteiger partial charge in [-0.25, -0.2) is 0 Å². The lowest BCUT2D eigenvalue weighted by atomic mass is 9.73. The number of ether oxygens (including phenoxy) is 1. The molecule has 1 amide bonds. The number of fused-ring (bicyclic) bond motifs is 2. The highest BCUT2D eigenvalue weighted by Crippen LogP contribution is 2.48. The molecular weight excluding hydrogens is 558 g/mol. The van der Waals surface area contributed by atoms with Crippen LogP contribution in [0.2, 0.25) is 0 Å². The molecule has 1 aliphatic heterocycles. The summed E-state index contributed by atoms with van der Waals surface area (Å²) in [5.74, 6) is 0.569. The van der Waals surface area contributed by atoms with E-state index in [1.165, 1.54) is 12.1 Å². The van der Waals surface area contributed by atoms with Gasteiger partial charge in [0.2, 0.25) is 5.91 Å². The van der Waals surface area contributed by atoms with Crippen molar-refractivity contribution in [3.8, 4) is 5.75 Å². The van der Waals surface area contributed by atoms with Gasteiger partial charge >= 0.3 is 0 Å². The molecule has 1 unspecified atom stereocenters. The maximum absolute atomic E-state index is 13.8. The van der Waals surface area contributed by atoms with Crippen LogP contribution in [0.3, 0.4) is 0 Å². The van der Waals surface area contributed by atoms with Gasteiger partial charge in [-0.05, 0) is 71.8 Å². The minimum atomic E-state index is -0.614. The number of para-hydroxylation sites is 2. The van der Waals surface area contributed by atoms with E-state index in [-0.39, 0.29) is 29.3 Å². The molecule has 2 heterocycles. The van der Waals surface area contributed by atoms with E-state index in [0.717, 1.165) is 39.3 Å². The fourth-order valence-corrected chi connectivity index (χ4v) is 6.39. The Morgan fingerprint density at radius 1 is 1.11 bits per heavy atom. The number of H-pyrrole nitrogens is 1. The normalized spacial score (nSPS) is 17.4. The van der Waals surface area contributed by atoms with E-state index in [1.54, 1.807) is 19.2 Å². The van der Waals surface area contributed by atoms with Crippen LogP contribution in [0, 0.1) is 15.5 Å². The van der Waals surface area contributed by atoms with E-state index >= 15 is 0 Å². The predicted molar refractivity (Wildman–Crippen MR) is 170 cm³/mol. The number of aromatic amines is 1. The maximum atomic E-state index is 13.8. The Bertz CT molecular complexity index is 1790. The number of nitro groups is 1. The van der Waals surface area contributed by atoms with E-state index in [2.05, 4.69) is 29.5 Å². The lowest BCUT2D eigenvalue weighted by Crippen LogP contribution is -2.42. The number of non-ortho nitro benzene ring substituents is 1. The van der Waals surface area contributed by atoms with Gasteiger partial charge < -0.3 is 25.3 Å². The largest absolute Gasteiger partial charge is 0.497 e. The standard InChI is InChI=1S/C34H35N5O5/c1-34(2)17-28-32(30(40)18-34)33(21-8-10-23(11-9-21)39(42)43)38(29-7-5-4-6-27(29)37-28)20-31(41)35-15-14-22-19-36-26-13-12-24(44-3)16-25(22)26/h4-13,16,19,33,36-37H,14-15,17-18,20H2,1-3H3,(H,35,41). The first-order valence-corrected chi connectivity index (χ1v) is 14.7. The van der Waals surface area contributed by atoms with Gasteiger partial charge in [0.1, 0.15) is 5.75 Å². The zero-order valence-electron chi connectivity index (χ0n) is 25.0. The van der Waals surface area contributed by atoms with Crippen molar-refractivity contribution < 1.29 is 19.2 Å². The fourth-order valence-electron chi connectivity index (χ4n) is 6.39. The van der Waals surface area contributed by atoms with Gasteiger partial charge in [0.15, 0.2) is 5.78 Å². The summed E-state index contributed by atoms with van der Waals surface area (Å²) in [6.45, 7) is 4.54. The van der Waals surface area contributed by atoms with Crippen LogP contribution in [0.1, 0.15) is 43.9 Å². The summed E-state index contributed by atoms with van der Waals surface area (Å²) in [6, 6.07) is 19.2. The topological polar surface area (TPSA) is 130 Å². The molecule has 0 saturated heterocycles. The number of hydrogen-bond donors (Lipinski definition) is 3. The zero-order valence-corrected chi connectivity index (χ0v) is 25.0. The molecule has 44 heavy (non-hydrogen) atoms. The SMILES string of the molecule is COc1ccc2[nH]cc(CCNC(=O)CN3c4ccccc4NC4=C(C(=O)CC(C)(C)C4)C3c3ccc([N+](=O)[O-])cc3)c2c1. The van der Waals surface area contributed by atoms with Gasteiger partial charge in [0, 0.05) is 53.5 Å². The average molecular weight is 594 g/mol. The summed E-state index contributed by atoms with van der Waals surface area (Å²) < 4.78 is 5.38. The number of nitrogens with one attached hydrogen (secondary N) is 3. The molecular formula is C34H35N5O5. The first-order valence-electron chi connectivity index (χ1n) is 14.7. The third kappa shape index (κ3) is 5.62. The number of hydrogen-bond acceptors (Lipinski definition) is 7. The smallest absolute Gasteiger partial charge is 0.269 e. The van der Waals surface area contributed by atoms with Crippen molar-refractivity contribution in [1.29, 1.82) is 0 Å². The van der Waals surface area contributed by atoms with E-state index in [9.17, 15) is 19.7 Å². The molecule has 0 bridgehead atoms. The molecule has 4 aromatic rings.